The van der Waals surface area contributed by atoms with Gasteiger partial charge >= 0.3 is 0 Å². The summed E-state index contributed by atoms with van der Waals surface area (Å²) in [6, 6.07) is 15.6. The number of nitrogens with zero attached hydrogens (tertiary/aromatic N) is 1. The molecule has 4 nitrogen and oxygen atoms in total. The number of benzene rings is 2. The summed E-state index contributed by atoms with van der Waals surface area (Å²) in [6.07, 6.45) is 1.70. The first-order valence-electron chi connectivity index (χ1n) is 8.01. The van der Waals surface area contributed by atoms with E-state index in [1.54, 1.807) is 17.4 Å². The van der Waals surface area contributed by atoms with Crippen molar-refractivity contribution in [2.75, 3.05) is 6.54 Å². The third kappa shape index (κ3) is 3.60. The number of fused-ring (bicyclic) bond motifs is 2. The Morgan fingerprint density at radius 2 is 2.08 bits per heavy atom. The number of para-hydroxylation sites is 1. The van der Waals surface area contributed by atoms with E-state index in [1.807, 2.05) is 36.4 Å². The van der Waals surface area contributed by atoms with Gasteiger partial charge in [-0.15, -0.1) is 11.3 Å². The second-order valence-electron chi connectivity index (χ2n) is 5.73. The summed E-state index contributed by atoms with van der Waals surface area (Å²) in [5, 5.41) is 4.92. The minimum atomic E-state index is -0.184. The van der Waals surface area contributed by atoms with Crippen molar-refractivity contribution < 1.29 is 9.21 Å². The lowest BCUT2D eigenvalue weighted by Gasteiger charge is -2.01. The maximum atomic E-state index is 12.2. The van der Waals surface area contributed by atoms with Crippen molar-refractivity contribution in [2.45, 2.75) is 12.8 Å². The molecule has 0 spiro atoms. The highest BCUT2D eigenvalue weighted by Crippen LogP contribution is 2.24. The number of hydrogen-bond donors (Lipinski definition) is 1. The van der Waals surface area contributed by atoms with Crippen LogP contribution < -0.4 is 5.32 Å². The largest absolute Gasteiger partial charge is 0.451 e. The van der Waals surface area contributed by atoms with E-state index in [9.17, 15) is 4.79 Å². The van der Waals surface area contributed by atoms with E-state index in [-0.39, 0.29) is 5.91 Å². The van der Waals surface area contributed by atoms with Crippen molar-refractivity contribution in [1.29, 1.82) is 0 Å². The molecule has 4 rings (SSSR count). The van der Waals surface area contributed by atoms with Crippen LogP contribution in [0.25, 0.3) is 21.2 Å². The fraction of sp³-hybridized carbons (Fsp3) is 0.158. The Hall–Kier alpha value is -2.18. The van der Waals surface area contributed by atoms with Gasteiger partial charge in [0.25, 0.3) is 5.91 Å². The van der Waals surface area contributed by atoms with E-state index in [4.69, 9.17) is 4.42 Å². The van der Waals surface area contributed by atoms with E-state index in [0.29, 0.717) is 17.9 Å². The van der Waals surface area contributed by atoms with Crippen molar-refractivity contribution in [1.82, 2.24) is 10.3 Å². The average Bonchev–Trinajstić information content (AvgIpc) is 3.21. The number of carbonyl (C=O) groups is 1. The van der Waals surface area contributed by atoms with E-state index in [0.717, 1.165) is 33.2 Å². The van der Waals surface area contributed by atoms with Crippen LogP contribution >= 0.6 is 27.3 Å². The maximum Gasteiger partial charge on any atom is 0.287 e. The number of nitrogens with one attached hydrogen (secondary N) is 1. The fourth-order valence-corrected chi connectivity index (χ4v) is 4.07. The molecule has 25 heavy (non-hydrogen) atoms. The first kappa shape index (κ1) is 16.3. The molecule has 1 amide bonds. The molecule has 1 N–H and O–H groups in total. The molecule has 2 aromatic heterocycles. The number of halogens is 1. The highest BCUT2D eigenvalue weighted by molar-refractivity contribution is 9.10. The zero-order valence-corrected chi connectivity index (χ0v) is 15.7. The molecule has 0 unspecified atom stereocenters. The van der Waals surface area contributed by atoms with Crippen molar-refractivity contribution in [3.63, 3.8) is 0 Å². The van der Waals surface area contributed by atoms with Crippen molar-refractivity contribution in [2.24, 2.45) is 0 Å². The highest BCUT2D eigenvalue weighted by atomic mass is 79.9. The highest BCUT2D eigenvalue weighted by Gasteiger charge is 2.12. The predicted octanol–water partition coefficient (Wildman–Crippen LogP) is 5.17. The van der Waals surface area contributed by atoms with Crippen LogP contribution in [0.5, 0.6) is 0 Å². The Morgan fingerprint density at radius 1 is 1.20 bits per heavy atom. The quantitative estimate of drug-likeness (QED) is 0.458. The number of furan rings is 1. The summed E-state index contributed by atoms with van der Waals surface area (Å²) in [6.45, 7) is 0.593. The molecule has 6 heteroatoms. The Kier molecular flexibility index (Phi) is 4.55. The maximum absolute atomic E-state index is 12.2. The molecule has 0 saturated carbocycles. The molecule has 0 radical (unpaired) electrons. The van der Waals surface area contributed by atoms with Crippen LogP contribution in [-0.4, -0.2) is 17.4 Å². The van der Waals surface area contributed by atoms with Crippen molar-refractivity contribution >= 4 is 54.4 Å². The van der Waals surface area contributed by atoms with Gasteiger partial charge in [0.2, 0.25) is 0 Å². The first-order valence-corrected chi connectivity index (χ1v) is 9.62. The zero-order chi connectivity index (χ0) is 17.2. The van der Waals surface area contributed by atoms with E-state index >= 15 is 0 Å². The normalized spacial score (nSPS) is 11.2. The smallest absolute Gasteiger partial charge is 0.287 e. The number of amides is 1. The Morgan fingerprint density at radius 3 is 2.96 bits per heavy atom. The van der Waals surface area contributed by atoms with E-state index in [2.05, 4.69) is 32.3 Å². The van der Waals surface area contributed by atoms with Crippen LogP contribution in [0.1, 0.15) is 22.0 Å². The summed E-state index contributed by atoms with van der Waals surface area (Å²) in [4.78, 5) is 16.8. The molecule has 0 aliphatic heterocycles. The molecule has 0 atom stereocenters. The lowest BCUT2D eigenvalue weighted by Crippen LogP contribution is -2.24. The fourth-order valence-electron chi connectivity index (χ4n) is 2.68. The molecule has 0 aliphatic rings. The summed E-state index contributed by atoms with van der Waals surface area (Å²) in [5.74, 6) is 0.157. The SMILES string of the molecule is O=C(NCCCc1nc2ccccc2s1)c1cc2cc(Br)ccc2o1. The summed E-state index contributed by atoms with van der Waals surface area (Å²) in [5.41, 5.74) is 1.75. The third-order valence-electron chi connectivity index (χ3n) is 3.89. The van der Waals surface area contributed by atoms with Gasteiger partial charge in [-0.25, -0.2) is 4.98 Å². The third-order valence-corrected chi connectivity index (χ3v) is 5.48. The summed E-state index contributed by atoms with van der Waals surface area (Å²) < 4.78 is 7.76. The Labute approximate surface area is 157 Å². The van der Waals surface area contributed by atoms with Crippen molar-refractivity contribution in [3.05, 3.63) is 63.8 Å². The van der Waals surface area contributed by atoms with Gasteiger partial charge in [0.15, 0.2) is 5.76 Å². The second-order valence-corrected chi connectivity index (χ2v) is 7.76. The molecule has 0 bridgehead atoms. The Bertz CT molecular complexity index is 1020. The Balaban J connectivity index is 1.33. The van der Waals surface area contributed by atoms with Gasteiger partial charge in [0, 0.05) is 22.8 Å². The van der Waals surface area contributed by atoms with Gasteiger partial charge in [-0.1, -0.05) is 28.1 Å². The number of rotatable bonds is 5. The number of hydrogen-bond acceptors (Lipinski definition) is 4. The van der Waals surface area contributed by atoms with Gasteiger partial charge in [-0.2, -0.15) is 0 Å². The van der Waals surface area contributed by atoms with Crippen LogP contribution in [0, 0.1) is 0 Å². The average molecular weight is 415 g/mol. The number of aryl methyl sites for hydroxylation is 1. The molecule has 2 aromatic carbocycles. The molecule has 2 heterocycles. The topological polar surface area (TPSA) is 55.1 Å². The second kappa shape index (κ2) is 6.98. The van der Waals surface area contributed by atoms with Gasteiger partial charge in [0.1, 0.15) is 5.58 Å². The standard InChI is InChI=1S/C19H15BrN2O2S/c20-13-7-8-15-12(10-13)11-16(24-15)19(23)21-9-3-6-18-22-14-4-1-2-5-17(14)25-18/h1-2,4-5,7-8,10-11H,3,6,9H2,(H,21,23). The van der Waals surface area contributed by atoms with Crippen LogP contribution in [0.3, 0.4) is 0 Å². The lowest BCUT2D eigenvalue weighted by atomic mass is 10.2. The monoisotopic (exact) mass is 414 g/mol. The van der Waals surface area contributed by atoms with Gasteiger partial charge in [-0.05, 0) is 42.8 Å². The molecule has 0 fully saturated rings. The molecular formula is C19H15BrN2O2S. The minimum absolute atomic E-state index is 0.184. The van der Waals surface area contributed by atoms with E-state index in [1.165, 1.54) is 4.70 Å². The first-order chi connectivity index (χ1) is 12.2. The van der Waals surface area contributed by atoms with E-state index < -0.39 is 0 Å². The van der Waals surface area contributed by atoms with Gasteiger partial charge < -0.3 is 9.73 Å². The van der Waals surface area contributed by atoms with Gasteiger partial charge in [-0.3, -0.25) is 4.79 Å². The molecular weight excluding hydrogens is 400 g/mol. The van der Waals surface area contributed by atoms with Crippen LogP contribution in [0.4, 0.5) is 0 Å². The molecule has 0 saturated heterocycles. The molecule has 4 aromatic rings. The number of carbonyl (C=O) groups excluding carboxylic acids is 1. The van der Waals surface area contributed by atoms with Crippen LogP contribution in [0.15, 0.2) is 57.4 Å². The predicted molar refractivity (Wildman–Crippen MR) is 104 cm³/mol. The lowest BCUT2D eigenvalue weighted by molar-refractivity contribution is 0.0927. The number of thiazole rings is 1. The summed E-state index contributed by atoms with van der Waals surface area (Å²) >= 11 is 5.13. The van der Waals surface area contributed by atoms with Crippen LogP contribution in [-0.2, 0) is 6.42 Å². The van der Waals surface area contributed by atoms with Gasteiger partial charge in [0.05, 0.1) is 15.2 Å². The van der Waals surface area contributed by atoms with Crippen molar-refractivity contribution in [3.8, 4) is 0 Å². The van der Waals surface area contributed by atoms with Crippen LogP contribution in [0.2, 0.25) is 0 Å². The minimum Gasteiger partial charge on any atom is -0.451 e. The molecule has 0 aliphatic carbocycles. The zero-order valence-electron chi connectivity index (χ0n) is 13.3. The summed E-state index contributed by atoms with van der Waals surface area (Å²) in [7, 11) is 0. The molecule has 126 valence electrons. The number of aromatic nitrogens is 1.